The summed E-state index contributed by atoms with van der Waals surface area (Å²) in [5.74, 6) is -0.289. The van der Waals surface area contributed by atoms with Crippen molar-refractivity contribution in [1.82, 2.24) is 4.90 Å². The Morgan fingerprint density at radius 2 is 2.15 bits per heavy atom. The fourth-order valence-corrected chi connectivity index (χ4v) is 3.04. The second kappa shape index (κ2) is 6.83. The number of nitrogens with zero attached hydrogens (tertiary/aromatic N) is 2. The minimum atomic E-state index is -0.676. The van der Waals surface area contributed by atoms with E-state index < -0.39 is 6.10 Å². The summed E-state index contributed by atoms with van der Waals surface area (Å²) >= 11 is 0. The molecule has 4 heteroatoms. The standard InChI is InChI=1S/C16H21FN2O/c1-12-10-13(17)6-7-15(12)16(20)11-19(9-8-18)14-4-2-3-5-14/h6-7,10,14,16,20H,2-5,9,11H2,1H3. The molecule has 1 aliphatic carbocycles. The van der Waals surface area contributed by atoms with E-state index in [4.69, 9.17) is 5.26 Å². The van der Waals surface area contributed by atoms with Crippen molar-refractivity contribution in [3.05, 3.63) is 35.1 Å². The monoisotopic (exact) mass is 276 g/mol. The van der Waals surface area contributed by atoms with Crippen LogP contribution in [0.15, 0.2) is 18.2 Å². The van der Waals surface area contributed by atoms with Gasteiger partial charge in [-0.2, -0.15) is 5.26 Å². The molecule has 2 rings (SSSR count). The zero-order chi connectivity index (χ0) is 14.5. The van der Waals surface area contributed by atoms with Gasteiger partial charge < -0.3 is 5.11 Å². The number of aliphatic hydroxyl groups excluding tert-OH is 1. The minimum absolute atomic E-state index is 0.289. The van der Waals surface area contributed by atoms with Crippen LogP contribution < -0.4 is 0 Å². The molecule has 0 spiro atoms. The maximum atomic E-state index is 13.1. The van der Waals surface area contributed by atoms with Crippen LogP contribution in [-0.4, -0.2) is 29.1 Å². The third-order valence-electron chi connectivity index (χ3n) is 4.11. The van der Waals surface area contributed by atoms with E-state index in [1.807, 2.05) is 0 Å². The van der Waals surface area contributed by atoms with Crippen molar-refractivity contribution in [2.75, 3.05) is 13.1 Å². The molecule has 1 fully saturated rings. The van der Waals surface area contributed by atoms with Crippen molar-refractivity contribution in [1.29, 1.82) is 5.26 Å². The van der Waals surface area contributed by atoms with Crippen molar-refractivity contribution in [2.24, 2.45) is 0 Å². The number of hydrogen-bond acceptors (Lipinski definition) is 3. The zero-order valence-corrected chi connectivity index (χ0v) is 11.8. The number of aliphatic hydroxyl groups is 1. The maximum Gasteiger partial charge on any atom is 0.123 e. The van der Waals surface area contributed by atoms with E-state index in [2.05, 4.69) is 11.0 Å². The lowest BCUT2D eigenvalue weighted by atomic mass is 10.0. The van der Waals surface area contributed by atoms with Crippen molar-refractivity contribution < 1.29 is 9.50 Å². The topological polar surface area (TPSA) is 47.3 Å². The molecule has 0 amide bonds. The van der Waals surface area contributed by atoms with Gasteiger partial charge in [0.15, 0.2) is 0 Å². The van der Waals surface area contributed by atoms with Gasteiger partial charge in [0, 0.05) is 12.6 Å². The van der Waals surface area contributed by atoms with Crippen LogP contribution in [0, 0.1) is 24.1 Å². The number of nitriles is 1. The predicted molar refractivity (Wildman–Crippen MR) is 75.5 cm³/mol. The van der Waals surface area contributed by atoms with Gasteiger partial charge in [-0.3, -0.25) is 4.90 Å². The fraction of sp³-hybridized carbons (Fsp3) is 0.562. The molecule has 1 aromatic carbocycles. The Morgan fingerprint density at radius 1 is 1.45 bits per heavy atom. The molecular formula is C16H21FN2O. The molecule has 3 nitrogen and oxygen atoms in total. The highest BCUT2D eigenvalue weighted by molar-refractivity contribution is 5.28. The van der Waals surface area contributed by atoms with Gasteiger partial charge >= 0.3 is 0 Å². The van der Waals surface area contributed by atoms with Gasteiger partial charge in [0.25, 0.3) is 0 Å². The average Bonchev–Trinajstić information content (AvgIpc) is 2.91. The zero-order valence-electron chi connectivity index (χ0n) is 11.8. The van der Waals surface area contributed by atoms with Crippen molar-refractivity contribution in [3.8, 4) is 6.07 Å². The molecule has 1 N–H and O–H groups in total. The first-order chi connectivity index (χ1) is 9.61. The largest absolute Gasteiger partial charge is 0.387 e. The highest BCUT2D eigenvalue weighted by Crippen LogP contribution is 2.26. The molecule has 20 heavy (non-hydrogen) atoms. The number of hydrogen-bond donors (Lipinski definition) is 1. The van der Waals surface area contributed by atoms with Crippen LogP contribution in [0.25, 0.3) is 0 Å². The molecule has 0 bridgehead atoms. The molecule has 0 aromatic heterocycles. The Morgan fingerprint density at radius 3 is 2.75 bits per heavy atom. The average molecular weight is 276 g/mol. The Hall–Kier alpha value is -1.44. The van der Waals surface area contributed by atoms with E-state index in [9.17, 15) is 9.50 Å². The first-order valence-corrected chi connectivity index (χ1v) is 7.17. The fourth-order valence-electron chi connectivity index (χ4n) is 3.04. The predicted octanol–water partition coefficient (Wildman–Crippen LogP) is 2.94. The van der Waals surface area contributed by atoms with Crippen molar-refractivity contribution >= 4 is 0 Å². The van der Waals surface area contributed by atoms with Crippen LogP contribution in [0.4, 0.5) is 4.39 Å². The molecule has 108 valence electrons. The van der Waals surface area contributed by atoms with Crippen LogP contribution in [0.5, 0.6) is 0 Å². The van der Waals surface area contributed by atoms with Gasteiger partial charge in [-0.25, -0.2) is 4.39 Å². The molecule has 0 radical (unpaired) electrons. The van der Waals surface area contributed by atoms with E-state index in [0.29, 0.717) is 19.1 Å². The number of rotatable bonds is 5. The number of halogens is 1. The lowest BCUT2D eigenvalue weighted by molar-refractivity contribution is 0.0963. The van der Waals surface area contributed by atoms with Gasteiger partial charge in [-0.05, 0) is 43.0 Å². The highest BCUT2D eigenvalue weighted by atomic mass is 19.1. The lowest BCUT2D eigenvalue weighted by Gasteiger charge is -2.29. The van der Waals surface area contributed by atoms with Gasteiger partial charge in [-0.1, -0.05) is 18.9 Å². The second-order valence-electron chi connectivity index (χ2n) is 5.54. The van der Waals surface area contributed by atoms with E-state index in [1.165, 1.54) is 25.0 Å². The van der Waals surface area contributed by atoms with Gasteiger partial charge in [0.2, 0.25) is 0 Å². The van der Waals surface area contributed by atoms with E-state index >= 15 is 0 Å². The SMILES string of the molecule is Cc1cc(F)ccc1C(O)CN(CC#N)C1CCCC1. The van der Waals surface area contributed by atoms with Crippen LogP contribution in [0.2, 0.25) is 0 Å². The molecule has 0 aliphatic heterocycles. The van der Waals surface area contributed by atoms with Crippen LogP contribution in [0.1, 0.15) is 42.9 Å². The lowest BCUT2D eigenvalue weighted by Crippen LogP contribution is -2.37. The highest BCUT2D eigenvalue weighted by Gasteiger charge is 2.25. The minimum Gasteiger partial charge on any atom is -0.387 e. The molecule has 1 atom stereocenters. The van der Waals surface area contributed by atoms with Gasteiger partial charge in [0.1, 0.15) is 5.82 Å². The first-order valence-electron chi connectivity index (χ1n) is 7.17. The van der Waals surface area contributed by atoms with Gasteiger partial charge in [-0.15, -0.1) is 0 Å². The summed E-state index contributed by atoms with van der Waals surface area (Å²) in [7, 11) is 0. The number of aryl methyl sites for hydroxylation is 1. The summed E-state index contributed by atoms with van der Waals surface area (Å²) in [4.78, 5) is 2.06. The summed E-state index contributed by atoms with van der Waals surface area (Å²) in [6.45, 7) is 2.57. The molecule has 0 saturated heterocycles. The first kappa shape index (κ1) is 15.0. The smallest absolute Gasteiger partial charge is 0.123 e. The normalized spacial score (nSPS) is 17.4. The van der Waals surface area contributed by atoms with Crippen LogP contribution >= 0.6 is 0 Å². The summed E-state index contributed by atoms with van der Waals surface area (Å²) < 4.78 is 13.1. The van der Waals surface area contributed by atoms with Crippen molar-refractivity contribution in [2.45, 2.75) is 44.8 Å². The third kappa shape index (κ3) is 3.56. The van der Waals surface area contributed by atoms with E-state index in [-0.39, 0.29) is 5.82 Å². The van der Waals surface area contributed by atoms with Crippen LogP contribution in [-0.2, 0) is 0 Å². The molecule has 1 saturated carbocycles. The Kier molecular flexibility index (Phi) is 5.11. The van der Waals surface area contributed by atoms with E-state index in [1.54, 1.807) is 13.0 Å². The molecular weight excluding hydrogens is 255 g/mol. The molecule has 1 unspecified atom stereocenters. The molecule has 0 heterocycles. The summed E-state index contributed by atoms with van der Waals surface area (Å²) in [6, 6.07) is 7.01. The van der Waals surface area contributed by atoms with Crippen LogP contribution in [0.3, 0.4) is 0 Å². The molecule has 1 aliphatic rings. The Bertz CT molecular complexity index is 492. The second-order valence-corrected chi connectivity index (χ2v) is 5.54. The number of benzene rings is 1. The van der Waals surface area contributed by atoms with Gasteiger partial charge in [0.05, 0.1) is 18.7 Å². The summed E-state index contributed by atoms with van der Waals surface area (Å²) in [6.07, 6.45) is 3.90. The van der Waals surface area contributed by atoms with Crippen molar-refractivity contribution in [3.63, 3.8) is 0 Å². The Labute approximate surface area is 119 Å². The maximum absolute atomic E-state index is 13.1. The summed E-state index contributed by atoms with van der Waals surface area (Å²) in [5, 5.41) is 19.3. The summed E-state index contributed by atoms with van der Waals surface area (Å²) in [5.41, 5.74) is 1.49. The third-order valence-corrected chi connectivity index (χ3v) is 4.11. The molecule has 1 aromatic rings. The quantitative estimate of drug-likeness (QED) is 0.841. The Balaban J connectivity index is 2.07. The van der Waals surface area contributed by atoms with E-state index in [0.717, 1.165) is 24.0 Å².